The summed E-state index contributed by atoms with van der Waals surface area (Å²) in [6.07, 6.45) is 1.02. The van der Waals surface area contributed by atoms with Crippen LogP contribution in [0.3, 0.4) is 0 Å². The summed E-state index contributed by atoms with van der Waals surface area (Å²) in [5, 5.41) is 22.9. The van der Waals surface area contributed by atoms with E-state index in [-0.39, 0.29) is 29.6 Å². The van der Waals surface area contributed by atoms with E-state index >= 15 is 0 Å². The Morgan fingerprint density at radius 3 is 2.61 bits per heavy atom. The summed E-state index contributed by atoms with van der Waals surface area (Å²) >= 11 is 0. The number of rotatable bonds is 7. The van der Waals surface area contributed by atoms with Gasteiger partial charge in [0.15, 0.2) is 18.1 Å². The number of carboxylic acid groups (broad SMARTS) is 1. The minimum Gasteiger partial charge on any atom is -0.476 e. The van der Waals surface area contributed by atoms with E-state index in [2.05, 4.69) is 26.1 Å². The Morgan fingerprint density at radius 2 is 1.97 bits per heavy atom. The standard InChI is InChI=1S/C25H21N5O6/c1-15-10-22(36-29-15)18-11-20(16-2-4-17(5-3-16)30-6-8-33-9-7-30)28-24(19(18)12-26)35-14-23-27-21(13-34-23)25(31)32/h2-5,10-11,13H,6-9,14H2,1H3,(H,31,32). The molecule has 4 aromatic rings. The number of hydrogen-bond acceptors (Lipinski definition) is 10. The summed E-state index contributed by atoms with van der Waals surface area (Å²) in [4.78, 5) is 21.8. The molecule has 4 heterocycles. The molecule has 11 nitrogen and oxygen atoms in total. The van der Waals surface area contributed by atoms with E-state index in [9.17, 15) is 10.1 Å². The Bertz CT molecular complexity index is 1430. The van der Waals surface area contributed by atoms with Gasteiger partial charge in [-0.15, -0.1) is 0 Å². The fraction of sp³-hybridized carbons (Fsp3) is 0.240. The Labute approximate surface area is 205 Å². The molecule has 1 aromatic carbocycles. The second kappa shape index (κ2) is 9.89. The SMILES string of the molecule is Cc1cc(-c2cc(-c3ccc(N4CCOCC4)cc3)nc(OCc3nc(C(=O)O)co3)c2C#N)on1. The van der Waals surface area contributed by atoms with Crippen molar-refractivity contribution in [3.63, 3.8) is 0 Å². The van der Waals surface area contributed by atoms with E-state index in [0.29, 0.717) is 35.9 Å². The Morgan fingerprint density at radius 1 is 1.19 bits per heavy atom. The molecule has 0 radical (unpaired) electrons. The second-order valence-electron chi connectivity index (χ2n) is 8.05. The molecular weight excluding hydrogens is 466 g/mol. The number of aromatic nitrogens is 3. The lowest BCUT2D eigenvalue weighted by Crippen LogP contribution is -2.36. The predicted octanol–water partition coefficient (Wildman–Crippen LogP) is 3.69. The molecule has 0 amide bonds. The fourth-order valence-corrected chi connectivity index (χ4v) is 3.84. The summed E-state index contributed by atoms with van der Waals surface area (Å²) < 4.78 is 21.8. The van der Waals surface area contributed by atoms with Crippen molar-refractivity contribution in [2.24, 2.45) is 0 Å². The number of nitriles is 1. The fourth-order valence-electron chi connectivity index (χ4n) is 3.84. The maximum absolute atomic E-state index is 11.1. The van der Waals surface area contributed by atoms with Gasteiger partial charge in [-0.05, 0) is 25.1 Å². The van der Waals surface area contributed by atoms with Crippen molar-refractivity contribution in [3.05, 3.63) is 65.5 Å². The predicted molar refractivity (Wildman–Crippen MR) is 125 cm³/mol. The Hall–Kier alpha value is -4.69. The zero-order valence-electron chi connectivity index (χ0n) is 19.3. The molecule has 1 saturated heterocycles. The van der Waals surface area contributed by atoms with Gasteiger partial charge < -0.3 is 28.4 Å². The minimum absolute atomic E-state index is 0.0337. The molecule has 1 aliphatic rings. The largest absolute Gasteiger partial charge is 0.476 e. The molecule has 1 fully saturated rings. The lowest BCUT2D eigenvalue weighted by Gasteiger charge is -2.28. The number of aryl methyl sites for hydroxylation is 1. The summed E-state index contributed by atoms with van der Waals surface area (Å²) in [7, 11) is 0. The summed E-state index contributed by atoms with van der Waals surface area (Å²) in [5.74, 6) is -0.750. The number of aromatic carboxylic acids is 1. The number of benzene rings is 1. The molecule has 11 heteroatoms. The van der Waals surface area contributed by atoms with Gasteiger partial charge in [0, 0.05) is 36.0 Å². The van der Waals surface area contributed by atoms with Gasteiger partial charge in [-0.3, -0.25) is 0 Å². The number of morpholine rings is 1. The summed E-state index contributed by atoms with van der Waals surface area (Å²) in [6.45, 7) is 4.60. The third-order valence-corrected chi connectivity index (χ3v) is 5.63. The lowest BCUT2D eigenvalue weighted by molar-refractivity contribution is 0.0690. The van der Waals surface area contributed by atoms with E-state index in [1.807, 2.05) is 24.3 Å². The van der Waals surface area contributed by atoms with Gasteiger partial charge in [0.05, 0.1) is 24.6 Å². The molecule has 0 aliphatic carbocycles. The topological polar surface area (TPSA) is 148 Å². The molecule has 0 spiro atoms. The van der Waals surface area contributed by atoms with Crippen LogP contribution < -0.4 is 9.64 Å². The second-order valence-corrected chi connectivity index (χ2v) is 8.05. The van der Waals surface area contributed by atoms with E-state index < -0.39 is 5.97 Å². The van der Waals surface area contributed by atoms with Crippen LogP contribution in [0.5, 0.6) is 5.88 Å². The van der Waals surface area contributed by atoms with E-state index in [0.717, 1.165) is 30.6 Å². The lowest BCUT2D eigenvalue weighted by atomic mass is 10.0. The zero-order chi connectivity index (χ0) is 25.1. The van der Waals surface area contributed by atoms with Gasteiger partial charge in [0.25, 0.3) is 0 Å². The molecule has 36 heavy (non-hydrogen) atoms. The summed E-state index contributed by atoms with van der Waals surface area (Å²) in [5.41, 5.74) is 3.47. The highest BCUT2D eigenvalue weighted by Crippen LogP contribution is 2.34. The first kappa shape index (κ1) is 23.1. The highest BCUT2D eigenvalue weighted by molar-refractivity contribution is 5.84. The zero-order valence-corrected chi connectivity index (χ0v) is 19.3. The molecular formula is C25H21N5O6. The van der Waals surface area contributed by atoms with Crippen LogP contribution >= 0.6 is 0 Å². The van der Waals surface area contributed by atoms with Crippen molar-refractivity contribution in [3.8, 4) is 34.5 Å². The van der Waals surface area contributed by atoms with Gasteiger partial charge in [0.1, 0.15) is 17.9 Å². The monoisotopic (exact) mass is 487 g/mol. The van der Waals surface area contributed by atoms with Gasteiger partial charge in [-0.2, -0.15) is 5.26 Å². The molecule has 3 aromatic heterocycles. The summed E-state index contributed by atoms with van der Waals surface area (Å²) in [6, 6.07) is 13.5. The Balaban J connectivity index is 1.51. The highest BCUT2D eigenvalue weighted by atomic mass is 16.5. The van der Waals surface area contributed by atoms with Crippen molar-refractivity contribution >= 4 is 11.7 Å². The van der Waals surface area contributed by atoms with Crippen LogP contribution in [0.2, 0.25) is 0 Å². The molecule has 1 aliphatic heterocycles. The molecule has 1 N–H and O–H groups in total. The number of pyridine rings is 1. The number of hydrogen-bond donors (Lipinski definition) is 1. The van der Waals surface area contributed by atoms with E-state index in [1.165, 1.54) is 0 Å². The molecule has 182 valence electrons. The molecule has 0 unspecified atom stereocenters. The third-order valence-electron chi connectivity index (χ3n) is 5.63. The van der Waals surface area contributed by atoms with Gasteiger partial charge in [-0.1, -0.05) is 17.3 Å². The first-order valence-electron chi connectivity index (χ1n) is 11.1. The normalized spacial score (nSPS) is 13.4. The van der Waals surface area contributed by atoms with Crippen LogP contribution in [0.4, 0.5) is 5.69 Å². The quantitative estimate of drug-likeness (QED) is 0.407. The first-order chi connectivity index (χ1) is 17.5. The van der Waals surface area contributed by atoms with Crippen molar-refractivity contribution in [2.45, 2.75) is 13.5 Å². The number of anilines is 1. The first-order valence-corrected chi connectivity index (χ1v) is 11.1. The van der Waals surface area contributed by atoms with Gasteiger partial charge in [0.2, 0.25) is 11.8 Å². The van der Waals surface area contributed by atoms with Crippen molar-refractivity contribution in [1.82, 2.24) is 15.1 Å². The maximum atomic E-state index is 11.1. The van der Waals surface area contributed by atoms with Crippen molar-refractivity contribution in [1.29, 1.82) is 5.26 Å². The average molecular weight is 487 g/mol. The van der Waals surface area contributed by atoms with Gasteiger partial charge >= 0.3 is 5.97 Å². The number of carboxylic acids is 1. The average Bonchev–Trinajstić information content (AvgIpc) is 3.57. The smallest absolute Gasteiger partial charge is 0.357 e. The molecule has 5 rings (SSSR count). The number of carbonyl (C=O) groups is 1. The number of nitrogens with zero attached hydrogens (tertiary/aromatic N) is 5. The van der Waals surface area contributed by atoms with Crippen LogP contribution in [-0.4, -0.2) is 52.5 Å². The molecule has 0 saturated carbocycles. The molecule has 0 bridgehead atoms. The van der Waals surface area contributed by atoms with Crippen molar-refractivity contribution < 1.29 is 28.3 Å². The van der Waals surface area contributed by atoms with Crippen LogP contribution in [0.25, 0.3) is 22.6 Å². The van der Waals surface area contributed by atoms with Crippen LogP contribution in [0.1, 0.15) is 27.6 Å². The van der Waals surface area contributed by atoms with Crippen LogP contribution in [0.15, 0.2) is 51.6 Å². The van der Waals surface area contributed by atoms with E-state index in [4.69, 9.17) is 23.5 Å². The number of ether oxygens (including phenoxy) is 2. The van der Waals surface area contributed by atoms with Crippen LogP contribution in [0, 0.1) is 18.3 Å². The van der Waals surface area contributed by atoms with E-state index in [1.54, 1.807) is 19.1 Å². The van der Waals surface area contributed by atoms with Gasteiger partial charge in [-0.25, -0.2) is 14.8 Å². The highest BCUT2D eigenvalue weighted by Gasteiger charge is 2.21. The van der Waals surface area contributed by atoms with Crippen molar-refractivity contribution in [2.75, 3.05) is 31.2 Å². The Kier molecular flexibility index (Phi) is 6.34. The maximum Gasteiger partial charge on any atom is 0.357 e. The minimum atomic E-state index is -1.22. The third kappa shape index (κ3) is 4.75. The van der Waals surface area contributed by atoms with Crippen LogP contribution in [-0.2, 0) is 11.3 Å². The molecule has 0 atom stereocenters. The number of oxazole rings is 1.